The molecule has 0 bridgehead atoms. The molecule has 1 fully saturated rings. The van der Waals surface area contributed by atoms with Crippen LogP contribution < -0.4 is 11.5 Å². The first-order valence-electron chi connectivity index (χ1n) is 7.61. The molecule has 0 aromatic carbocycles. The highest BCUT2D eigenvalue weighted by Crippen LogP contribution is 2.34. The summed E-state index contributed by atoms with van der Waals surface area (Å²) in [4.78, 5) is 21.6. The highest BCUT2D eigenvalue weighted by Gasteiger charge is 2.52. The Balaban J connectivity index is 2.70. The van der Waals surface area contributed by atoms with Crippen molar-refractivity contribution in [2.24, 2.45) is 11.5 Å². The lowest BCUT2D eigenvalue weighted by Gasteiger charge is -2.17. The quantitative estimate of drug-likeness (QED) is 0.140. The summed E-state index contributed by atoms with van der Waals surface area (Å²) in [5, 5.41) is 46.9. The predicted molar refractivity (Wildman–Crippen MR) is 92.9 cm³/mol. The van der Waals surface area contributed by atoms with Crippen LogP contribution in [0, 0.1) is 0 Å². The predicted octanol–water partition coefficient (Wildman–Crippen LogP) is -2.70. The van der Waals surface area contributed by atoms with Gasteiger partial charge in [0, 0.05) is 12.2 Å². The zero-order valence-corrected chi connectivity index (χ0v) is 15.1. The number of aliphatic carboxylic acids is 2. The third-order valence-electron chi connectivity index (χ3n) is 3.69. The van der Waals surface area contributed by atoms with Crippen LogP contribution in [0.15, 0.2) is 0 Å². The zero-order chi connectivity index (χ0) is 19.1. The van der Waals surface area contributed by atoms with Gasteiger partial charge in [0.15, 0.2) is 6.10 Å². The lowest BCUT2D eigenvalue weighted by Crippen LogP contribution is -2.39. The number of ether oxygens (including phenoxy) is 1. The van der Waals surface area contributed by atoms with Crippen LogP contribution in [-0.4, -0.2) is 91.4 Å². The number of hydrogen-bond donors (Lipinski definition) is 7. The van der Waals surface area contributed by atoms with Crippen molar-refractivity contribution in [3.63, 3.8) is 0 Å². The molecule has 0 aromatic rings. The minimum Gasteiger partial charge on any atom is -0.480 e. The standard InChI is InChI=1S/C13H24N2O8S2/c14-6(11(19)20)1-3-24-25(4-2-7(15)12(21)22)13-10(18)9(17)8(5-16)23-13/h6-10,13,16-18H,1-5,14-15H2,(H-,19,20,21,22)/p+1/t6-,7-,8+,9+,10+,13?,25?/m0/s1. The molecule has 25 heavy (non-hydrogen) atoms. The van der Waals surface area contributed by atoms with Crippen molar-refractivity contribution in [2.45, 2.75) is 48.7 Å². The molecule has 10 nitrogen and oxygen atoms in total. The van der Waals surface area contributed by atoms with E-state index in [4.69, 9.17) is 26.4 Å². The maximum absolute atomic E-state index is 10.9. The summed E-state index contributed by atoms with van der Waals surface area (Å²) in [7, 11) is 0.537. The molecule has 0 spiro atoms. The molecular formula is C13H25N2O8S2+. The molecule has 1 heterocycles. The lowest BCUT2D eigenvalue weighted by atomic mass is 10.2. The Morgan fingerprint density at radius 1 is 1.08 bits per heavy atom. The molecule has 1 aliphatic heterocycles. The molecule has 146 valence electrons. The van der Waals surface area contributed by atoms with E-state index >= 15 is 0 Å². The maximum atomic E-state index is 10.9. The molecule has 1 saturated heterocycles. The first-order valence-corrected chi connectivity index (χ1v) is 10.6. The Labute approximate surface area is 151 Å². The number of carboxylic acids is 2. The summed E-state index contributed by atoms with van der Waals surface area (Å²) >= 11 is 0. The van der Waals surface area contributed by atoms with E-state index in [0.29, 0.717) is 11.5 Å². The van der Waals surface area contributed by atoms with Crippen molar-refractivity contribution in [3.8, 4) is 0 Å². The van der Waals surface area contributed by atoms with Gasteiger partial charge in [0.25, 0.3) is 5.44 Å². The molecular weight excluding hydrogens is 376 g/mol. The van der Waals surface area contributed by atoms with Crippen molar-refractivity contribution in [1.29, 1.82) is 0 Å². The van der Waals surface area contributed by atoms with Gasteiger partial charge < -0.3 is 41.7 Å². The van der Waals surface area contributed by atoms with Crippen LogP contribution in [0.4, 0.5) is 0 Å². The number of aliphatic hydroxyl groups excluding tert-OH is 3. The minimum absolute atomic E-state index is 0.128. The topological polar surface area (TPSA) is 197 Å². The van der Waals surface area contributed by atoms with Crippen molar-refractivity contribution in [2.75, 3.05) is 18.1 Å². The fraction of sp³-hybridized carbons (Fsp3) is 0.846. The molecule has 12 heteroatoms. The average Bonchev–Trinajstić information content (AvgIpc) is 2.85. The van der Waals surface area contributed by atoms with E-state index in [1.54, 1.807) is 0 Å². The Kier molecular flexibility index (Phi) is 9.45. The van der Waals surface area contributed by atoms with Crippen LogP contribution in [-0.2, 0) is 24.3 Å². The molecule has 1 rings (SSSR count). The van der Waals surface area contributed by atoms with Crippen molar-refractivity contribution >= 4 is 32.7 Å². The van der Waals surface area contributed by atoms with E-state index in [2.05, 4.69) is 0 Å². The van der Waals surface area contributed by atoms with Gasteiger partial charge in [0.05, 0.1) is 27.3 Å². The third kappa shape index (κ3) is 6.57. The van der Waals surface area contributed by atoms with E-state index in [9.17, 15) is 24.9 Å². The summed E-state index contributed by atoms with van der Waals surface area (Å²) in [6, 6.07) is -2.10. The largest absolute Gasteiger partial charge is 0.480 e. The summed E-state index contributed by atoms with van der Waals surface area (Å²) in [6.07, 6.45) is -3.10. The Morgan fingerprint density at radius 3 is 2.12 bits per heavy atom. The van der Waals surface area contributed by atoms with Gasteiger partial charge in [-0.2, -0.15) is 0 Å². The van der Waals surface area contributed by atoms with Gasteiger partial charge in [-0.25, -0.2) is 0 Å². The number of hydrogen-bond acceptors (Lipinski definition) is 9. The number of carboxylic acid groups (broad SMARTS) is 2. The highest BCUT2D eigenvalue weighted by molar-refractivity contribution is 8.74. The van der Waals surface area contributed by atoms with Gasteiger partial charge in [-0.05, 0) is 6.42 Å². The molecule has 0 aromatic heterocycles. The molecule has 7 atom stereocenters. The number of aliphatic hydroxyl groups is 3. The van der Waals surface area contributed by atoms with Crippen molar-refractivity contribution < 1.29 is 39.9 Å². The lowest BCUT2D eigenvalue weighted by molar-refractivity contribution is -0.139. The molecule has 0 aliphatic carbocycles. The molecule has 1 aliphatic rings. The molecule has 0 amide bonds. The van der Waals surface area contributed by atoms with Gasteiger partial charge in [0.1, 0.15) is 30.0 Å². The van der Waals surface area contributed by atoms with E-state index in [-0.39, 0.29) is 12.8 Å². The van der Waals surface area contributed by atoms with Gasteiger partial charge in [0.2, 0.25) is 0 Å². The van der Waals surface area contributed by atoms with Gasteiger partial charge >= 0.3 is 11.9 Å². The normalized spacial score (nSPS) is 30.0. The van der Waals surface area contributed by atoms with Crippen LogP contribution in [0.2, 0.25) is 0 Å². The Hall–Kier alpha value is -0.600. The zero-order valence-electron chi connectivity index (χ0n) is 13.4. The van der Waals surface area contributed by atoms with E-state index < -0.39 is 64.3 Å². The second-order valence-electron chi connectivity index (χ2n) is 5.58. The van der Waals surface area contributed by atoms with Crippen molar-refractivity contribution in [3.05, 3.63) is 0 Å². The third-order valence-corrected chi connectivity index (χ3v) is 8.41. The SMILES string of the molecule is N[C@@H](CCS[S+](CC[C@H](N)C(=O)O)C1O[C@H](CO)[C@@H](O)[C@H]1O)C(=O)O. The minimum atomic E-state index is -1.25. The van der Waals surface area contributed by atoms with Crippen LogP contribution in [0.1, 0.15) is 12.8 Å². The fourth-order valence-corrected chi connectivity index (χ4v) is 6.82. The van der Waals surface area contributed by atoms with E-state index in [1.807, 2.05) is 0 Å². The van der Waals surface area contributed by atoms with Gasteiger partial charge in [-0.1, -0.05) is 0 Å². The maximum Gasteiger partial charge on any atom is 0.320 e. The average molecular weight is 401 g/mol. The monoisotopic (exact) mass is 401 g/mol. The van der Waals surface area contributed by atoms with E-state index in [0.717, 1.165) is 0 Å². The summed E-state index contributed by atoms with van der Waals surface area (Å²) < 4.78 is 5.50. The molecule has 9 N–H and O–H groups in total. The van der Waals surface area contributed by atoms with Crippen molar-refractivity contribution in [1.82, 2.24) is 0 Å². The number of carbonyl (C=O) groups is 2. The van der Waals surface area contributed by atoms with Crippen LogP contribution >= 0.6 is 10.8 Å². The fourth-order valence-electron chi connectivity index (χ4n) is 2.10. The van der Waals surface area contributed by atoms with Gasteiger partial charge in [-0.3, -0.25) is 9.59 Å². The van der Waals surface area contributed by atoms with Crippen LogP contribution in [0.5, 0.6) is 0 Å². The van der Waals surface area contributed by atoms with Crippen LogP contribution in [0.3, 0.4) is 0 Å². The molecule has 0 saturated carbocycles. The Bertz CT molecular complexity index is 458. The second kappa shape index (κ2) is 10.5. The van der Waals surface area contributed by atoms with Crippen LogP contribution in [0.25, 0.3) is 0 Å². The Morgan fingerprint density at radius 2 is 1.64 bits per heavy atom. The number of rotatable bonds is 11. The first kappa shape index (κ1) is 22.4. The first-order chi connectivity index (χ1) is 11.7. The summed E-state index contributed by atoms with van der Waals surface area (Å²) in [5.41, 5.74) is 10.1. The second-order valence-corrected chi connectivity index (χ2v) is 9.85. The molecule has 2 unspecified atom stereocenters. The summed E-state index contributed by atoms with van der Waals surface area (Å²) in [5.74, 6) is -1.62. The number of nitrogens with two attached hydrogens (primary N) is 2. The summed E-state index contributed by atoms with van der Waals surface area (Å²) in [6.45, 7) is -0.463. The van der Waals surface area contributed by atoms with E-state index in [1.165, 1.54) is 10.8 Å². The highest BCUT2D eigenvalue weighted by atomic mass is 33.1. The molecule has 0 radical (unpaired) electrons. The van der Waals surface area contributed by atoms with Gasteiger partial charge in [-0.15, -0.1) is 0 Å². The smallest absolute Gasteiger partial charge is 0.320 e.